The van der Waals surface area contributed by atoms with Crippen molar-refractivity contribution in [1.29, 1.82) is 0 Å². The van der Waals surface area contributed by atoms with E-state index in [-0.39, 0.29) is 5.41 Å². The highest BCUT2D eigenvalue weighted by Crippen LogP contribution is 2.59. The van der Waals surface area contributed by atoms with Crippen LogP contribution in [-0.2, 0) is 11.2 Å². The second kappa shape index (κ2) is 7.16. The van der Waals surface area contributed by atoms with Crippen LogP contribution in [0.1, 0.15) is 61.6 Å². The zero-order valence-electron chi connectivity index (χ0n) is 17.5. The van der Waals surface area contributed by atoms with E-state index in [1.54, 1.807) is 7.11 Å². The Labute approximate surface area is 174 Å². The second-order valence-corrected chi connectivity index (χ2v) is 9.38. The molecule has 0 N–H and O–H groups in total. The van der Waals surface area contributed by atoms with Crippen molar-refractivity contribution in [1.82, 2.24) is 0 Å². The van der Waals surface area contributed by atoms with E-state index in [4.69, 9.17) is 4.74 Å². The van der Waals surface area contributed by atoms with E-state index in [2.05, 4.69) is 43.3 Å². The zero-order chi connectivity index (χ0) is 20.0. The van der Waals surface area contributed by atoms with Crippen molar-refractivity contribution < 1.29 is 9.53 Å². The van der Waals surface area contributed by atoms with Gasteiger partial charge >= 0.3 is 0 Å². The number of ketones is 1. The fraction of sp³-hybridized carbons (Fsp3) is 0.444. The van der Waals surface area contributed by atoms with Gasteiger partial charge in [-0.1, -0.05) is 43.3 Å². The van der Waals surface area contributed by atoms with E-state index >= 15 is 0 Å². The van der Waals surface area contributed by atoms with Crippen LogP contribution in [0, 0.1) is 17.3 Å². The van der Waals surface area contributed by atoms with Crippen molar-refractivity contribution in [3.8, 4) is 5.75 Å². The lowest BCUT2D eigenvalue weighted by Crippen LogP contribution is -2.49. The van der Waals surface area contributed by atoms with E-state index in [9.17, 15) is 4.79 Å². The molecule has 29 heavy (non-hydrogen) atoms. The molecular weight excluding hydrogens is 356 g/mol. The molecule has 0 heterocycles. The molecule has 0 saturated heterocycles. The normalized spacial score (nSPS) is 32.3. The largest absolute Gasteiger partial charge is 0.497 e. The van der Waals surface area contributed by atoms with Crippen molar-refractivity contribution in [3.05, 3.63) is 70.8 Å². The standard InChI is InChI=1S/C27H30O2/c1-27-15-14-23-22-12-10-21(29-2)17-19(22)8-11-24(23)25(27)13-9-20(26(27)28)16-18-6-4-3-5-7-18/h3-7,10,12,16-17,23-25H,8-9,11,13-15H2,1-2H3/b20-16+/t23-,24-,25-,27-/m1/s1. The molecule has 0 bridgehead atoms. The van der Waals surface area contributed by atoms with E-state index in [1.165, 1.54) is 17.5 Å². The van der Waals surface area contributed by atoms with Crippen molar-refractivity contribution >= 4 is 11.9 Å². The Morgan fingerprint density at radius 3 is 2.66 bits per heavy atom. The van der Waals surface area contributed by atoms with Gasteiger partial charge in [-0.2, -0.15) is 0 Å². The predicted octanol–water partition coefficient (Wildman–Crippen LogP) is 6.20. The third kappa shape index (κ3) is 3.04. The average Bonchev–Trinajstić information content (AvgIpc) is 2.76. The molecule has 2 fully saturated rings. The Bertz CT molecular complexity index is 958. The van der Waals surface area contributed by atoms with Gasteiger partial charge in [-0.05, 0) is 96.8 Å². The Hall–Kier alpha value is -2.35. The number of hydrogen-bond acceptors (Lipinski definition) is 2. The van der Waals surface area contributed by atoms with Gasteiger partial charge in [0.25, 0.3) is 0 Å². The SMILES string of the molecule is COc1ccc2c(c1)CC[C@@H]1[C@@H]2CC[C@@]2(C)C(=O)/C(=C/c3ccccc3)CC[C@H]12. The topological polar surface area (TPSA) is 26.3 Å². The van der Waals surface area contributed by atoms with Crippen LogP contribution in [0.15, 0.2) is 54.1 Å². The Kier molecular flexibility index (Phi) is 4.61. The minimum atomic E-state index is -0.190. The number of hydrogen-bond donors (Lipinski definition) is 0. The van der Waals surface area contributed by atoms with Crippen molar-refractivity contribution in [3.63, 3.8) is 0 Å². The van der Waals surface area contributed by atoms with Gasteiger partial charge in [-0.15, -0.1) is 0 Å². The van der Waals surface area contributed by atoms with Crippen LogP contribution in [0.3, 0.4) is 0 Å². The summed E-state index contributed by atoms with van der Waals surface area (Å²) >= 11 is 0. The number of carbonyl (C=O) groups is 1. The summed E-state index contributed by atoms with van der Waals surface area (Å²) in [5, 5.41) is 0. The number of benzene rings is 2. The molecule has 0 amide bonds. The molecular formula is C27H30O2. The molecule has 0 unspecified atom stereocenters. The summed E-state index contributed by atoms with van der Waals surface area (Å²) in [6.07, 6.45) is 8.66. The van der Waals surface area contributed by atoms with E-state index in [0.717, 1.165) is 49.0 Å². The first kappa shape index (κ1) is 18.7. The Balaban J connectivity index is 1.44. The van der Waals surface area contributed by atoms with Gasteiger partial charge in [0.05, 0.1) is 7.11 Å². The maximum atomic E-state index is 13.6. The lowest BCUT2D eigenvalue weighted by molar-refractivity contribution is -0.134. The second-order valence-electron chi connectivity index (χ2n) is 9.38. The summed E-state index contributed by atoms with van der Waals surface area (Å²) in [7, 11) is 1.74. The number of allylic oxidation sites excluding steroid dienone is 1. The molecule has 2 nitrogen and oxygen atoms in total. The lowest BCUT2D eigenvalue weighted by atomic mass is 9.50. The zero-order valence-corrected chi connectivity index (χ0v) is 17.5. The van der Waals surface area contributed by atoms with Crippen LogP contribution in [0.5, 0.6) is 5.75 Å². The van der Waals surface area contributed by atoms with Gasteiger partial charge in [0.15, 0.2) is 5.78 Å². The number of ether oxygens (including phenoxy) is 1. The van der Waals surface area contributed by atoms with Crippen LogP contribution in [0.4, 0.5) is 0 Å². The number of aryl methyl sites for hydroxylation is 1. The lowest BCUT2D eigenvalue weighted by Gasteiger charge is -2.53. The number of fused-ring (bicyclic) bond motifs is 5. The van der Waals surface area contributed by atoms with Gasteiger partial charge in [0.2, 0.25) is 0 Å². The van der Waals surface area contributed by atoms with Gasteiger partial charge in [-0.25, -0.2) is 0 Å². The summed E-state index contributed by atoms with van der Waals surface area (Å²) < 4.78 is 5.44. The Morgan fingerprint density at radius 2 is 1.86 bits per heavy atom. The highest BCUT2D eigenvalue weighted by atomic mass is 16.5. The highest BCUT2D eigenvalue weighted by molar-refractivity contribution is 6.04. The molecule has 0 radical (unpaired) electrons. The molecule has 0 spiro atoms. The third-order valence-electron chi connectivity index (χ3n) is 8.00. The fourth-order valence-corrected chi connectivity index (χ4v) is 6.50. The number of methoxy groups -OCH3 is 1. The summed E-state index contributed by atoms with van der Waals surface area (Å²) in [6, 6.07) is 16.9. The minimum Gasteiger partial charge on any atom is -0.497 e. The molecule has 0 aromatic heterocycles. The van der Waals surface area contributed by atoms with E-state index < -0.39 is 0 Å². The van der Waals surface area contributed by atoms with Gasteiger partial charge in [0, 0.05) is 5.41 Å². The number of Topliss-reactive ketones (excluding diaryl/α,β-unsaturated/α-hetero) is 1. The van der Waals surface area contributed by atoms with E-state index in [0.29, 0.717) is 23.5 Å². The quantitative estimate of drug-likeness (QED) is 0.574. The molecule has 2 heteroatoms. The van der Waals surface area contributed by atoms with Gasteiger partial charge in [0.1, 0.15) is 5.75 Å². The van der Waals surface area contributed by atoms with Crippen LogP contribution in [0.25, 0.3) is 6.08 Å². The van der Waals surface area contributed by atoms with Crippen LogP contribution < -0.4 is 4.74 Å². The van der Waals surface area contributed by atoms with E-state index in [1.807, 2.05) is 18.2 Å². The first-order chi connectivity index (χ1) is 14.1. The number of carbonyl (C=O) groups excluding carboxylic acids is 1. The molecule has 0 aliphatic heterocycles. The van der Waals surface area contributed by atoms with Gasteiger partial charge < -0.3 is 4.74 Å². The first-order valence-corrected chi connectivity index (χ1v) is 11.1. The molecule has 5 rings (SSSR count). The monoisotopic (exact) mass is 386 g/mol. The maximum Gasteiger partial charge on any atom is 0.165 e. The van der Waals surface area contributed by atoms with Crippen molar-refractivity contribution in [2.45, 2.75) is 51.4 Å². The molecule has 4 atom stereocenters. The molecule has 150 valence electrons. The molecule has 3 aliphatic carbocycles. The minimum absolute atomic E-state index is 0.190. The average molecular weight is 387 g/mol. The van der Waals surface area contributed by atoms with Crippen LogP contribution in [0.2, 0.25) is 0 Å². The summed E-state index contributed by atoms with van der Waals surface area (Å²) in [5.41, 5.74) is 4.97. The van der Waals surface area contributed by atoms with Crippen molar-refractivity contribution in [2.24, 2.45) is 17.3 Å². The number of rotatable bonds is 2. The highest BCUT2D eigenvalue weighted by Gasteiger charge is 2.53. The van der Waals surface area contributed by atoms with Crippen LogP contribution >= 0.6 is 0 Å². The molecule has 3 aliphatic rings. The first-order valence-electron chi connectivity index (χ1n) is 11.1. The van der Waals surface area contributed by atoms with Gasteiger partial charge in [-0.3, -0.25) is 4.79 Å². The molecule has 2 aromatic carbocycles. The smallest absolute Gasteiger partial charge is 0.165 e. The Morgan fingerprint density at radius 1 is 1.03 bits per heavy atom. The van der Waals surface area contributed by atoms with Crippen LogP contribution in [-0.4, -0.2) is 12.9 Å². The maximum absolute atomic E-state index is 13.6. The summed E-state index contributed by atoms with van der Waals surface area (Å²) in [6.45, 7) is 2.26. The fourth-order valence-electron chi connectivity index (χ4n) is 6.50. The third-order valence-corrected chi connectivity index (χ3v) is 8.00. The summed E-state index contributed by atoms with van der Waals surface area (Å²) in [4.78, 5) is 13.6. The van der Waals surface area contributed by atoms with Crippen molar-refractivity contribution in [2.75, 3.05) is 7.11 Å². The molecule has 2 aromatic rings. The predicted molar refractivity (Wildman–Crippen MR) is 117 cm³/mol. The molecule has 2 saturated carbocycles. The summed E-state index contributed by atoms with van der Waals surface area (Å²) in [5.74, 6) is 3.13.